The average molecular weight is 382 g/mol. The molecule has 1 aromatic carbocycles. The molecule has 0 aromatic heterocycles. The Hall–Kier alpha value is -1.64. The molecule has 144 valence electrons. The van der Waals surface area contributed by atoms with Crippen molar-refractivity contribution in [2.24, 2.45) is 5.92 Å². The van der Waals surface area contributed by atoms with Crippen molar-refractivity contribution in [1.82, 2.24) is 0 Å². The minimum Gasteiger partial charge on any atom is -0.381 e. The predicted octanol–water partition coefficient (Wildman–Crippen LogP) is 1.78. The van der Waals surface area contributed by atoms with Gasteiger partial charge in [-0.25, -0.2) is 8.42 Å². The number of hydrogen-bond acceptors (Lipinski definition) is 5. The topological polar surface area (TPSA) is 84.9 Å². The normalized spacial score (nSPS) is 21.3. The lowest BCUT2D eigenvalue weighted by Gasteiger charge is -2.34. The molecule has 26 heavy (non-hydrogen) atoms. The largest absolute Gasteiger partial charge is 0.381 e. The number of carbonyl (C=O) groups excluding carboxylic acids is 1. The first-order valence-corrected chi connectivity index (χ1v) is 10.5. The van der Waals surface area contributed by atoms with Crippen molar-refractivity contribution in [2.45, 2.75) is 32.3 Å². The van der Waals surface area contributed by atoms with E-state index in [-0.39, 0.29) is 17.6 Å². The Balaban J connectivity index is 1.90. The second-order valence-electron chi connectivity index (χ2n) is 6.85. The number of sulfonamides is 1. The van der Waals surface area contributed by atoms with E-state index in [0.717, 1.165) is 24.8 Å². The third kappa shape index (κ3) is 4.02. The number of carbonyl (C=O) groups is 1. The molecule has 7 nitrogen and oxygen atoms in total. The smallest absolute Gasteiger partial charge is 0.237 e. The van der Waals surface area contributed by atoms with E-state index in [9.17, 15) is 13.2 Å². The molecule has 1 saturated heterocycles. The minimum absolute atomic E-state index is 0.0876. The zero-order valence-corrected chi connectivity index (χ0v) is 16.0. The fraction of sp³-hybridized carbons (Fsp3) is 0.611. The summed E-state index contributed by atoms with van der Waals surface area (Å²) in [5.74, 6) is -0.227. The zero-order chi connectivity index (χ0) is 18.7. The molecule has 0 bridgehead atoms. The number of fused-ring (bicyclic) bond motifs is 1. The van der Waals surface area contributed by atoms with Crippen LogP contribution in [0.3, 0.4) is 0 Å². The highest BCUT2D eigenvalue weighted by molar-refractivity contribution is 7.92. The summed E-state index contributed by atoms with van der Waals surface area (Å²) in [6.45, 7) is 3.00. The van der Waals surface area contributed by atoms with E-state index in [0.29, 0.717) is 31.1 Å². The van der Waals surface area contributed by atoms with Gasteiger partial charge in [0.05, 0.1) is 29.8 Å². The Morgan fingerprint density at radius 2 is 2.27 bits per heavy atom. The number of hydrogen-bond donors (Lipinski definition) is 1. The summed E-state index contributed by atoms with van der Waals surface area (Å²) < 4.78 is 38.7. The Morgan fingerprint density at radius 3 is 2.92 bits per heavy atom. The van der Waals surface area contributed by atoms with Crippen LogP contribution in [0.4, 0.5) is 11.4 Å². The number of methoxy groups -OCH3 is 1. The van der Waals surface area contributed by atoms with E-state index in [1.54, 1.807) is 13.2 Å². The van der Waals surface area contributed by atoms with Crippen molar-refractivity contribution in [3.63, 3.8) is 0 Å². The third-order valence-electron chi connectivity index (χ3n) is 4.99. The van der Waals surface area contributed by atoms with E-state index in [4.69, 9.17) is 9.47 Å². The van der Waals surface area contributed by atoms with Gasteiger partial charge in [0, 0.05) is 33.1 Å². The van der Waals surface area contributed by atoms with Crippen LogP contribution in [0.5, 0.6) is 0 Å². The Kier molecular flexibility index (Phi) is 5.84. The molecule has 2 unspecified atom stereocenters. The molecule has 1 fully saturated rings. The van der Waals surface area contributed by atoms with E-state index in [2.05, 4.69) is 5.32 Å². The summed E-state index contributed by atoms with van der Waals surface area (Å²) in [6, 6.07) is 5.50. The predicted molar refractivity (Wildman–Crippen MR) is 99.9 cm³/mol. The molecular formula is C18H26N2O5S. The lowest BCUT2D eigenvalue weighted by molar-refractivity contribution is -0.114. The summed E-state index contributed by atoms with van der Waals surface area (Å²) in [5, 5.41) is 2.76. The highest BCUT2D eigenvalue weighted by atomic mass is 32.2. The Bertz CT molecular complexity index is 759. The maximum absolute atomic E-state index is 13.2. The molecule has 1 aromatic rings. The number of para-hydroxylation sites is 1. The molecule has 1 N–H and O–H groups in total. The first kappa shape index (κ1) is 19.1. The molecule has 2 aliphatic rings. The van der Waals surface area contributed by atoms with Crippen LogP contribution in [0.2, 0.25) is 0 Å². The summed E-state index contributed by atoms with van der Waals surface area (Å²) in [6.07, 6.45) is 1.95. The van der Waals surface area contributed by atoms with Crippen LogP contribution in [0.15, 0.2) is 18.2 Å². The highest BCUT2D eigenvalue weighted by Gasteiger charge is 2.35. The average Bonchev–Trinajstić information content (AvgIpc) is 3.13. The highest BCUT2D eigenvalue weighted by Crippen LogP contribution is 2.37. The standard InChI is InChI=1S/C18H26N2O5S/c1-13(21)19-16-7-3-5-14-6-4-9-20(18(14)16)26(22,23)12-17(24-2)15-8-10-25-11-15/h3,5,7,15,17H,4,6,8-12H2,1-2H3,(H,19,21). The minimum atomic E-state index is -3.60. The fourth-order valence-corrected chi connectivity index (χ4v) is 5.63. The van der Waals surface area contributed by atoms with E-state index in [1.807, 2.05) is 12.1 Å². The van der Waals surface area contributed by atoms with Crippen molar-refractivity contribution in [1.29, 1.82) is 0 Å². The van der Waals surface area contributed by atoms with Gasteiger partial charge < -0.3 is 14.8 Å². The number of anilines is 2. The van der Waals surface area contributed by atoms with Crippen molar-refractivity contribution in [2.75, 3.05) is 42.2 Å². The fourth-order valence-electron chi connectivity index (χ4n) is 3.72. The van der Waals surface area contributed by atoms with Crippen LogP contribution in [-0.4, -0.2) is 53.1 Å². The zero-order valence-electron chi connectivity index (χ0n) is 15.2. The molecule has 2 atom stereocenters. The second-order valence-corrected chi connectivity index (χ2v) is 8.78. The van der Waals surface area contributed by atoms with Gasteiger partial charge in [-0.15, -0.1) is 0 Å². The maximum atomic E-state index is 13.2. The number of rotatable bonds is 6. The number of benzene rings is 1. The van der Waals surface area contributed by atoms with Crippen molar-refractivity contribution < 1.29 is 22.7 Å². The van der Waals surface area contributed by atoms with Crippen LogP contribution in [0.1, 0.15) is 25.3 Å². The molecule has 3 rings (SSSR count). The first-order chi connectivity index (χ1) is 12.4. The monoisotopic (exact) mass is 382 g/mol. The van der Waals surface area contributed by atoms with E-state index in [1.165, 1.54) is 11.2 Å². The first-order valence-electron chi connectivity index (χ1n) is 8.93. The number of aryl methyl sites for hydroxylation is 1. The van der Waals surface area contributed by atoms with Gasteiger partial charge in [0.2, 0.25) is 15.9 Å². The molecule has 0 saturated carbocycles. The summed E-state index contributed by atoms with van der Waals surface area (Å²) in [5.41, 5.74) is 2.06. The number of ether oxygens (including phenoxy) is 2. The Morgan fingerprint density at radius 1 is 1.46 bits per heavy atom. The van der Waals surface area contributed by atoms with Crippen LogP contribution in [0.25, 0.3) is 0 Å². The van der Waals surface area contributed by atoms with E-state index < -0.39 is 16.1 Å². The molecule has 0 spiro atoms. The summed E-state index contributed by atoms with van der Waals surface area (Å²) in [4.78, 5) is 11.5. The van der Waals surface area contributed by atoms with Crippen molar-refractivity contribution in [3.8, 4) is 0 Å². The third-order valence-corrected chi connectivity index (χ3v) is 6.78. The second kappa shape index (κ2) is 7.94. The molecular weight excluding hydrogens is 356 g/mol. The van der Waals surface area contributed by atoms with Gasteiger partial charge in [0.1, 0.15) is 0 Å². The van der Waals surface area contributed by atoms with Gasteiger partial charge in [0.25, 0.3) is 0 Å². The van der Waals surface area contributed by atoms with Gasteiger partial charge in [-0.3, -0.25) is 9.10 Å². The Labute approximate surface area is 154 Å². The maximum Gasteiger partial charge on any atom is 0.237 e. The van der Waals surface area contributed by atoms with Crippen LogP contribution >= 0.6 is 0 Å². The molecule has 1 amide bonds. The lowest BCUT2D eigenvalue weighted by Crippen LogP contribution is -2.42. The van der Waals surface area contributed by atoms with Gasteiger partial charge in [-0.05, 0) is 30.9 Å². The van der Waals surface area contributed by atoms with Crippen LogP contribution in [0, 0.1) is 5.92 Å². The van der Waals surface area contributed by atoms with Crippen molar-refractivity contribution in [3.05, 3.63) is 23.8 Å². The molecule has 2 aliphatic heterocycles. The summed E-state index contributed by atoms with van der Waals surface area (Å²) >= 11 is 0. The lowest BCUT2D eigenvalue weighted by atomic mass is 10.0. The summed E-state index contributed by atoms with van der Waals surface area (Å²) in [7, 11) is -2.06. The number of amides is 1. The SMILES string of the molecule is COC(CS(=O)(=O)N1CCCc2cccc(NC(C)=O)c21)C1CCOC1. The van der Waals surface area contributed by atoms with Crippen LogP contribution in [-0.2, 0) is 30.7 Å². The molecule has 2 heterocycles. The van der Waals surface area contributed by atoms with Gasteiger partial charge >= 0.3 is 0 Å². The number of nitrogens with zero attached hydrogens (tertiary/aromatic N) is 1. The number of nitrogens with one attached hydrogen (secondary N) is 1. The molecule has 0 aliphatic carbocycles. The molecule has 0 radical (unpaired) electrons. The van der Waals surface area contributed by atoms with Gasteiger partial charge in [-0.2, -0.15) is 0 Å². The molecule has 8 heteroatoms. The van der Waals surface area contributed by atoms with Gasteiger partial charge in [0.15, 0.2) is 0 Å². The van der Waals surface area contributed by atoms with E-state index >= 15 is 0 Å². The van der Waals surface area contributed by atoms with Crippen molar-refractivity contribution >= 4 is 27.3 Å². The van der Waals surface area contributed by atoms with Gasteiger partial charge in [-0.1, -0.05) is 12.1 Å². The van der Waals surface area contributed by atoms with Crippen LogP contribution < -0.4 is 9.62 Å². The quantitative estimate of drug-likeness (QED) is 0.811.